The molecule has 0 spiro atoms. The van der Waals surface area contributed by atoms with E-state index in [1.165, 1.54) is 0 Å². The van der Waals surface area contributed by atoms with E-state index >= 15 is 0 Å². The van der Waals surface area contributed by atoms with Gasteiger partial charge in [-0.25, -0.2) is 9.78 Å². The van der Waals surface area contributed by atoms with Crippen molar-refractivity contribution in [2.75, 3.05) is 36.2 Å². The fourth-order valence-corrected chi connectivity index (χ4v) is 1.92. The second-order valence-electron chi connectivity index (χ2n) is 5.18. The van der Waals surface area contributed by atoms with E-state index in [0.717, 1.165) is 5.82 Å². The van der Waals surface area contributed by atoms with Crippen LogP contribution in [0.3, 0.4) is 0 Å². The minimum atomic E-state index is -0.526. The highest BCUT2D eigenvalue weighted by atomic mass is 16.5. The lowest BCUT2D eigenvalue weighted by Gasteiger charge is -2.12. The van der Waals surface area contributed by atoms with Gasteiger partial charge in [0, 0.05) is 25.3 Å². The molecule has 7 nitrogen and oxygen atoms in total. The maximum atomic E-state index is 12.2. The highest BCUT2D eigenvalue weighted by molar-refractivity contribution is 6.04. The van der Waals surface area contributed by atoms with E-state index in [4.69, 9.17) is 4.74 Å². The molecule has 0 atom stereocenters. The molecule has 0 fully saturated rings. The van der Waals surface area contributed by atoms with Crippen LogP contribution in [-0.2, 0) is 4.74 Å². The zero-order chi connectivity index (χ0) is 17.5. The van der Waals surface area contributed by atoms with Crippen molar-refractivity contribution in [3.63, 3.8) is 0 Å². The normalized spacial score (nSPS) is 9.96. The van der Waals surface area contributed by atoms with Gasteiger partial charge in [-0.2, -0.15) is 0 Å². The molecule has 2 rings (SSSR count). The Balaban J connectivity index is 1.98. The number of anilines is 3. The predicted molar refractivity (Wildman–Crippen MR) is 93.6 cm³/mol. The molecule has 0 saturated carbocycles. The third-order valence-corrected chi connectivity index (χ3v) is 3.13. The molecule has 7 heteroatoms. The maximum Gasteiger partial charge on any atom is 0.411 e. The number of carbonyl (C=O) groups excluding carboxylic acids is 2. The quantitative estimate of drug-likeness (QED) is 0.881. The van der Waals surface area contributed by atoms with Crippen LogP contribution >= 0.6 is 0 Å². The maximum absolute atomic E-state index is 12.2. The number of hydrogen-bond donors (Lipinski definition) is 2. The van der Waals surface area contributed by atoms with Gasteiger partial charge in [0.25, 0.3) is 5.91 Å². The standard InChI is InChI=1S/C17H20N4O3/c1-4-24-17(23)20-13-7-5-12(6-8-13)16(22)19-14-9-10-15(18-11-14)21(2)3/h5-11H,4H2,1-3H3,(H,19,22)(H,20,23). The van der Waals surface area contributed by atoms with Gasteiger partial charge in [-0.05, 0) is 43.3 Å². The summed E-state index contributed by atoms with van der Waals surface area (Å²) >= 11 is 0. The Bertz CT molecular complexity index is 697. The van der Waals surface area contributed by atoms with Gasteiger partial charge in [0.05, 0.1) is 18.5 Å². The molecule has 126 valence electrons. The second kappa shape index (κ2) is 7.96. The van der Waals surface area contributed by atoms with E-state index in [9.17, 15) is 9.59 Å². The van der Waals surface area contributed by atoms with Crippen LogP contribution < -0.4 is 15.5 Å². The van der Waals surface area contributed by atoms with Gasteiger partial charge in [0.15, 0.2) is 0 Å². The Labute approximate surface area is 140 Å². The fourth-order valence-electron chi connectivity index (χ4n) is 1.92. The smallest absolute Gasteiger partial charge is 0.411 e. The van der Waals surface area contributed by atoms with Crippen molar-refractivity contribution >= 4 is 29.2 Å². The van der Waals surface area contributed by atoms with Crippen molar-refractivity contribution in [3.8, 4) is 0 Å². The highest BCUT2D eigenvalue weighted by Gasteiger charge is 2.08. The molecular formula is C17H20N4O3. The average Bonchev–Trinajstić information content (AvgIpc) is 2.56. The summed E-state index contributed by atoms with van der Waals surface area (Å²) in [4.78, 5) is 29.6. The predicted octanol–water partition coefficient (Wildman–Crippen LogP) is 2.97. The van der Waals surface area contributed by atoms with Gasteiger partial charge in [-0.1, -0.05) is 0 Å². The van der Waals surface area contributed by atoms with Crippen LogP contribution in [0.1, 0.15) is 17.3 Å². The summed E-state index contributed by atoms with van der Waals surface area (Å²) in [5.74, 6) is 0.555. The molecule has 0 bridgehead atoms. The third-order valence-electron chi connectivity index (χ3n) is 3.13. The highest BCUT2D eigenvalue weighted by Crippen LogP contribution is 2.14. The summed E-state index contributed by atoms with van der Waals surface area (Å²) in [5.41, 5.74) is 1.64. The van der Waals surface area contributed by atoms with Gasteiger partial charge < -0.3 is 15.0 Å². The minimum Gasteiger partial charge on any atom is -0.450 e. The number of ether oxygens (including phenoxy) is 1. The van der Waals surface area contributed by atoms with Crippen LogP contribution in [0.2, 0.25) is 0 Å². The van der Waals surface area contributed by atoms with Crippen LogP contribution in [0.5, 0.6) is 0 Å². The Morgan fingerprint density at radius 1 is 1.04 bits per heavy atom. The zero-order valence-corrected chi connectivity index (χ0v) is 13.9. The molecule has 0 aliphatic rings. The first-order chi connectivity index (χ1) is 11.5. The van der Waals surface area contributed by atoms with Crippen molar-refractivity contribution < 1.29 is 14.3 Å². The monoisotopic (exact) mass is 328 g/mol. The summed E-state index contributed by atoms with van der Waals surface area (Å²) in [6.07, 6.45) is 1.07. The number of hydrogen-bond acceptors (Lipinski definition) is 5. The van der Waals surface area contributed by atoms with Crippen LogP contribution in [0.4, 0.5) is 22.0 Å². The first kappa shape index (κ1) is 17.3. The van der Waals surface area contributed by atoms with Gasteiger partial charge >= 0.3 is 6.09 Å². The van der Waals surface area contributed by atoms with E-state index < -0.39 is 6.09 Å². The Morgan fingerprint density at radius 3 is 2.25 bits per heavy atom. The van der Waals surface area contributed by atoms with E-state index in [2.05, 4.69) is 15.6 Å². The number of benzene rings is 1. The molecule has 2 N–H and O–H groups in total. The van der Waals surface area contributed by atoms with Crippen LogP contribution in [0.25, 0.3) is 0 Å². The van der Waals surface area contributed by atoms with Crippen molar-refractivity contribution in [1.82, 2.24) is 4.98 Å². The number of pyridine rings is 1. The van der Waals surface area contributed by atoms with Crippen LogP contribution in [-0.4, -0.2) is 37.7 Å². The molecular weight excluding hydrogens is 308 g/mol. The van der Waals surface area contributed by atoms with E-state index in [-0.39, 0.29) is 5.91 Å². The van der Waals surface area contributed by atoms with Crippen molar-refractivity contribution in [3.05, 3.63) is 48.2 Å². The fraction of sp³-hybridized carbons (Fsp3) is 0.235. The van der Waals surface area contributed by atoms with E-state index in [1.54, 1.807) is 43.5 Å². The molecule has 24 heavy (non-hydrogen) atoms. The number of nitrogens with zero attached hydrogens (tertiary/aromatic N) is 2. The average molecular weight is 328 g/mol. The number of amides is 2. The van der Waals surface area contributed by atoms with Crippen molar-refractivity contribution in [2.45, 2.75) is 6.92 Å². The number of carbonyl (C=O) groups is 2. The molecule has 1 aromatic carbocycles. The number of rotatable bonds is 5. The summed E-state index contributed by atoms with van der Waals surface area (Å²) in [6.45, 7) is 2.03. The molecule has 0 aliphatic carbocycles. The molecule has 0 aliphatic heterocycles. The van der Waals surface area contributed by atoms with Gasteiger partial charge in [-0.15, -0.1) is 0 Å². The van der Waals surface area contributed by atoms with E-state index in [0.29, 0.717) is 23.5 Å². The first-order valence-electron chi connectivity index (χ1n) is 7.48. The Hall–Kier alpha value is -3.09. The largest absolute Gasteiger partial charge is 0.450 e. The summed E-state index contributed by atoms with van der Waals surface area (Å²) < 4.78 is 4.79. The summed E-state index contributed by atoms with van der Waals surface area (Å²) in [7, 11) is 3.79. The zero-order valence-electron chi connectivity index (χ0n) is 13.9. The van der Waals surface area contributed by atoms with Crippen LogP contribution in [0.15, 0.2) is 42.6 Å². The minimum absolute atomic E-state index is 0.253. The lowest BCUT2D eigenvalue weighted by Crippen LogP contribution is -2.15. The Kier molecular flexibility index (Phi) is 5.73. The van der Waals surface area contributed by atoms with Crippen LogP contribution in [0, 0.1) is 0 Å². The molecule has 2 amide bonds. The second-order valence-corrected chi connectivity index (χ2v) is 5.18. The lowest BCUT2D eigenvalue weighted by atomic mass is 10.2. The Morgan fingerprint density at radius 2 is 1.71 bits per heavy atom. The van der Waals surface area contributed by atoms with Gasteiger partial charge in [-0.3, -0.25) is 10.1 Å². The van der Waals surface area contributed by atoms with Gasteiger partial charge in [0.2, 0.25) is 0 Å². The SMILES string of the molecule is CCOC(=O)Nc1ccc(C(=O)Nc2ccc(N(C)C)nc2)cc1. The number of aromatic nitrogens is 1. The van der Waals surface area contributed by atoms with Gasteiger partial charge in [0.1, 0.15) is 5.82 Å². The lowest BCUT2D eigenvalue weighted by molar-refractivity contribution is 0.102. The molecule has 0 unspecified atom stereocenters. The van der Waals surface area contributed by atoms with E-state index in [1.807, 2.05) is 25.1 Å². The third kappa shape index (κ3) is 4.70. The topological polar surface area (TPSA) is 83.6 Å². The first-order valence-corrected chi connectivity index (χ1v) is 7.48. The van der Waals surface area contributed by atoms with Crippen molar-refractivity contribution in [1.29, 1.82) is 0 Å². The molecule has 0 radical (unpaired) electrons. The molecule has 1 heterocycles. The molecule has 1 aromatic heterocycles. The molecule has 2 aromatic rings. The summed E-state index contributed by atoms with van der Waals surface area (Å²) in [5, 5.41) is 5.34. The molecule has 0 saturated heterocycles. The summed E-state index contributed by atoms with van der Waals surface area (Å²) in [6, 6.07) is 10.1. The number of nitrogens with one attached hydrogen (secondary N) is 2. The van der Waals surface area contributed by atoms with Crippen molar-refractivity contribution in [2.24, 2.45) is 0 Å².